The van der Waals surface area contributed by atoms with Crippen LogP contribution < -0.4 is 10.1 Å². The molecular formula is C18H18N4O2. The number of carbonyl (C=O) groups is 1. The molecule has 2 aromatic heterocycles. The molecule has 1 amide bonds. The SMILES string of the molecule is COc1ccccc1-c1cc(C(=O)NC2CC2)c2cnn(C)c2n1. The predicted octanol–water partition coefficient (Wildman–Crippen LogP) is 2.54. The molecule has 24 heavy (non-hydrogen) atoms. The van der Waals surface area contributed by atoms with Crippen LogP contribution in [0.25, 0.3) is 22.3 Å². The number of para-hydroxylation sites is 1. The van der Waals surface area contributed by atoms with E-state index in [-0.39, 0.29) is 5.91 Å². The molecule has 0 atom stereocenters. The number of aryl methyl sites for hydroxylation is 1. The smallest absolute Gasteiger partial charge is 0.252 e. The van der Waals surface area contributed by atoms with Crippen LogP contribution in [0.2, 0.25) is 0 Å². The molecule has 0 bridgehead atoms. The standard InChI is InChI=1S/C18H18N4O2/c1-22-17-14(10-19-22)13(18(23)20-11-7-8-11)9-15(21-17)12-5-3-4-6-16(12)24-2/h3-6,9-11H,7-8H2,1-2H3,(H,20,23). The third-order valence-electron chi connectivity index (χ3n) is 4.25. The largest absolute Gasteiger partial charge is 0.496 e. The van der Waals surface area contributed by atoms with E-state index >= 15 is 0 Å². The molecule has 0 radical (unpaired) electrons. The molecule has 0 unspecified atom stereocenters. The first-order chi connectivity index (χ1) is 11.7. The second-order valence-corrected chi connectivity index (χ2v) is 6.01. The third kappa shape index (κ3) is 2.50. The van der Waals surface area contributed by atoms with Crippen LogP contribution in [0.15, 0.2) is 36.5 Å². The van der Waals surface area contributed by atoms with Crippen LogP contribution in [-0.4, -0.2) is 33.8 Å². The van der Waals surface area contributed by atoms with Crippen molar-refractivity contribution in [3.63, 3.8) is 0 Å². The highest BCUT2D eigenvalue weighted by molar-refractivity contribution is 6.06. The van der Waals surface area contributed by atoms with E-state index in [1.165, 1.54) is 0 Å². The van der Waals surface area contributed by atoms with Crippen molar-refractivity contribution in [2.45, 2.75) is 18.9 Å². The maximum absolute atomic E-state index is 12.6. The number of benzene rings is 1. The molecule has 1 aliphatic rings. The lowest BCUT2D eigenvalue weighted by molar-refractivity contribution is 0.0952. The first-order valence-corrected chi connectivity index (χ1v) is 7.94. The number of aromatic nitrogens is 3. The highest BCUT2D eigenvalue weighted by atomic mass is 16.5. The fraction of sp³-hybridized carbons (Fsp3) is 0.278. The minimum atomic E-state index is -0.0750. The molecule has 0 spiro atoms. The van der Waals surface area contributed by atoms with E-state index in [2.05, 4.69) is 10.4 Å². The lowest BCUT2D eigenvalue weighted by Crippen LogP contribution is -2.25. The summed E-state index contributed by atoms with van der Waals surface area (Å²) in [6.07, 6.45) is 3.79. The van der Waals surface area contributed by atoms with Crippen molar-refractivity contribution < 1.29 is 9.53 Å². The van der Waals surface area contributed by atoms with Gasteiger partial charge in [0.05, 0.1) is 30.0 Å². The van der Waals surface area contributed by atoms with Crippen LogP contribution in [0.3, 0.4) is 0 Å². The van der Waals surface area contributed by atoms with E-state index in [0.717, 1.165) is 29.5 Å². The summed E-state index contributed by atoms with van der Waals surface area (Å²) in [7, 11) is 3.45. The Kier molecular flexibility index (Phi) is 3.45. The molecule has 122 valence electrons. The van der Waals surface area contributed by atoms with Gasteiger partial charge < -0.3 is 10.1 Å². The zero-order valence-corrected chi connectivity index (χ0v) is 13.6. The Morgan fingerprint density at radius 2 is 2.12 bits per heavy atom. The molecule has 1 saturated carbocycles. The molecule has 3 aromatic rings. The summed E-state index contributed by atoms with van der Waals surface area (Å²) in [6, 6.07) is 9.77. The first kappa shape index (κ1) is 14.7. The van der Waals surface area contributed by atoms with E-state index in [1.54, 1.807) is 18.0 Å². The molecule has 1 aromatic carbocycles. The van der Waals surface area contributed by atoms with Crippen molar-refractivity contribution in [1.29, 1.82) is 0 Å². The first-order valence-electron chi connectivity index (χ1n) is 7.94. The summed E-state index contributed by atoms with van der Waals surface area (Å²) in [5, 5.41) is 8.06. The topological polar surface area (TPSA) is 69.0 Å². The average Bonchev–Trinajstić information content (AvgIpc) is 3.35. The van der Waals surface area contributed by atoms with Crippen molar-refractivity contribution >= 4 is 16.9 Å². The Bertz CT molecular complexity index is 928. The van der Waals surface area contributed by atoms with Gasteiger partial charge in [0.1, 0.15) is 5.75 Å². The number of rotatable bonds is 4. The summed E-state index contributed by atoms with van der Waals surface area (Å²) in [5.41, 5.74) is 2.83. The Hall–Kier alpha value is -2.89. The van der Waals surface area contributed by atoms with Gasteiger partial charge in [-0.25, -0.2) is 4.98 Å². The Morgan fingerprint density at radius 3 is 2.88 bits per heavy atom. The molecule has 2 heterocycles. The normalized spacial score (nSPS) is 13.9. The fourth-order valence-electron chi connectivity index (χ4n) is 2.79. The minimum absolute atomic E-state index is 0.0750. The van der Waals surface area contributed by atoms with Crippen molar-refractivity contribution in [3.8, 4) is 17.0 Å². The Labute approximate surface area is 139 Å². The van der Waals surface area contributed by atoms with E-state index in [9.17, 15) is 4.79 Å². The van der Waals surface area contributed by atoms with Crippen molar-refractivity contribution in [2.75, 3.05) is 7.11 Å². The lowest BCUT2D eigenvalue weighted by atomic mass is 10.1. The molecule has 0 aliphatic heterocycles. The van der Waals surface area contributed by atoms with Crippen LogP contribution in [0.4, 0.5) is 0 Å². The van der Waals surface area contributed by atoms with Crippen LogP contribution >= 0.6 is 0 Å². The number of hydrogen-bond acceptors (Lipinski definition) is 4. The Morgan fingerprint density at radius 1 is 1.33 bits per heavy atom. The number of ether oxygens (including phenoxy) is 1. The monoisotopic (exact) mass is 322 g/mol. The number of fused-ring (bicyclic) bond motifs is 1. The van der Waals surface area contributed by atoms with E-state index < -0.39 is 0 Å². The quantitative estimate of drug-likeness (QED) is 0.801. The number of methoxy groups -OCH3 is 1. The van der Waals surface area contributed by atoms with Gasteiger partial charge in [0, 0.05) is 18.7 Å². The van der Waals surface area contributed by atoms with Crippen LogP contribution in [0.1, 0.15) is 23.2 Å². The number of amides is 1. The van der Waals surface area contributed by atoms with Crippen molar-refractivity contribution in [3.05, 3.63) is 42.1 Å². The molecular weight excluding hydrogens is 304 g/mol. The van der Waals surface area contributed by atoms with Crippen molar-refractivity contribution in [2.24, 2.45) is 7.05 Å². The maximum atomic E-state index is 12.6. The van der Waals surface area contributed by atoms with Gasteiger partial charge in [0.15, 0.2) is 5.65 Å². The van der Waals surface area contributed by atoms with Crippen molar-refractivity contribution in [1.82, 2.24) is 20.1 Å². The van der Waals surface area contributed by atoms with E-state index in [1.807, 2.05) is 37.4 Å². The fourth-order valence-corrected chi connectivity index (χ4v) is 2.79. The zero-order valence-electron chi connectivity index (χ0n) is 13.6. The van der Waals surface area contributed by atoms with Crippen LogP contribution in [-0.2, 0) is 7.05 Å². The number of carbonyl (C=O) groups excluding carboxylic acids is 1. The number of hydrogen-bond donors (Lipinski definition) is 1. The van der Waals surface area contributed by atoms with Gasteiger partial charge in [-0.15, -0.1) is 0 Å². The van der Waals surface area contributed by atoms with Gasteiger partial charge >= 0.3 is 0 Å². The molecule has 0 saturated heterocycles. The highest BCUT2D eigenvalue weighted by Gasteiger charge is 2.26. The third-order valence-corrected chi connectivity index (χ3v) is 4.25. The second-order valence-electron chi connectivity index (χ2n) is 6.01. The molecule has 1 aliphatic carbocycles. The van der Waals surface area contributed by atoms with Crippen LogP contribution in [0.5, 0.6) is 5.75 Å². The van der Waals surface area contributed by atoms with Gasteiger partial charge in [-0.1, -0.05) is 12.1 Å². The molecule has 1 fully saturated rings. The highest BCUT2D eigenvalue weighted by Crippen LogP contribution is 2.31. The summed E-state index contributed by atoms with van der Waals surface area (Å²) in [6.45, 7) is 0. The van der Waals surface area contributed by atoms with Gasteiger partial charge in [-0.3, -0.25) is 9.48 Å². The number of pyridine rings is 1. The van der Waals surface area contributed by atoms with E-state index in [0.29, 0.717) is 22.9 Å². The maximum Gasteiger partial charge on any atom is 0.252 e. The molecule has 4 rings (SSSR count). The molecule has 6 heteroatoms. The summed E-state index contributed by atoms with van der Waals surface area (Å²) >= 11 is 0. The number of nitrogens with zero attached hydrogens (tertiary/aromatic N) is 3. The lowest BCUT2D eigenvalue weighted by Gasteiger charge is -2.11. The van der Waals surface area contributed by atoms with Crippen LogP contribution in [0, 0.1) is 0 Å². The summed E-state index contributed by atoms with van der Waals surface area (Å²) < 4.78 is 7.12. The van der Waals surface area contributed by atoms with Gasteiger partial charge in [-0.2, -0.15) is 5.10 Å². The van der Waals surface area contributed by atoms with E-state index in [4.69, 9.17) is 9.72 Å². The molecule has 1 N–H and O–H groups in total. The van der Waals surface area contributed by atoms with Gasteiger partial charge in [0.2, 0.25) is 0 Å². The molecule has 6 nitrogen and oxygen atoms in total. The van der Waals surface area contributed by atoms with Gasteiger partial charge in [-0.05, 0) is 31.0 Å². The summed E-state index contributed by atoms with van der Waals surface area (Å²) in [4.78, 5) is 17.3. The average molecular weight is 322 g/mol. The summed E-state index contributed by atoms with van der Waals surface area (Å²) in [5.74, 6) is 0.647. The minimum Gasteiger partial charge on any atom is -0.496 e. The second kappa shape index (κ2) is 5.63. The number of nitrogens with one attached hydrogen (secondary N) is 1. The zero-order chi connectivity index (χ0) is 16.7. The predicted molar refractivity (Wildman–Crippen MR) is 91.0 cm³/mol. The Balaban J connectivity index is 1.89. The van der Waals surface area contributed by atoms with Gasteiger partial charge in [0.25, 0.3) is 5.91 Å².